The molecule has 0 spiro atoms. The lowest BCUT2D eigenvalue weighted by molar-refractivity contribution is 0.590. The Kier molecular flexibility index (Phi) is 7.54. The van der Waals surface area contributed by atoms with Gasteiger partial charge in [-0.25, -0.2) is 24.9 Å². The maximum atomic E-state index is 5.67. The van der Waals surface area contributed by atoms with Crippen LogP contribution in [0.4, 0.5) is 0 Å². The molecule has 12 aromatic rings. The van der Waals surface area contributed by atoms with E-state index in [1.165, 1.54) is 5.56 Å². The van der Waals surface area contributed by atoms with E-state index in [0.29, 0.717) is 34.4 Å². The molecule has 2 aliphatic rings. The van der Waals surface area contributed by atoms with Crippen LogP contribution in [0.25, 0.3) is 144 Å². The summed E-state index contributed by atoms with van der Waals surface area (Å²) >= 11 is 0. The number of rotatable bonds is 1. The minimum absolute atomic E-state index is 0.102. The predicted molar refractivity (Wildman–Crippen MR) is 272 cm³/mol. The van der Waals surface area contributed by atoms with Crippen molar-refractivity contribution in [2.24, 2.45) is 0 Å². The third kappa shape index (κ3) is 5.59. The Labute approximate surface area is 378 Å². The van der Waals surface area contributed by atoms with Gasteiger partial charge in [-0.2, -0.15) is 0 Å². The molecule has 0 aliphatic carbocycles. The largest absolute Gasteiger partial charge is 0.339 e. The van der Waals surface area contributed by atoms with E-state index in [1.54, 1.807) is 0 Å². The van der Waals surface area contributed by atoms with E-state index in [1.807, 2.05) is 0 Å². The van der Waals surface area contributed by atoms with Crippen LogP contribution in [0.2, 0.25) is 0 Å². The molecule has 2 N–H and O–H groups in total. The molecular formula is C59H39N7. The van der Waals surface area contributed by atoms with Gasteiger partial charge in [0.05, 0.1) is 11.2 Å². The average molecular weight is 846 g/mol. The molecule has 9 aromatic carbocycles. The van der Waals surface area contributed by atoms with Crippen molar-refractivity contribution in [2.45, 2.75) is 26.2 Å². The molecule has 310 valence electrons. The smallest absolute Gasteiger partial charge is 0.164 e. The fourth-order valence-electron chi connectivity index (χ4n) is 10.2. The quantitative estimate of drug-likeness (QED) is 0.172. The lowest BCUT2D eigenvalue weighted by atomic mass is 9.85. The van der Waals surface area contributed by atoms with Gasteiger partial charge in [-0.3, -0.25) is 0 Å². The minimum Gasteiger partial charge on any atom is -0.339 e. The summed E-state index contributed by atoms with van der Waals surface area (Å²) in [7, 11) is 0. The van der Waals surface area contributed by atoms with Crippen molar-refractivity contribution in [1.29, 1.82) is 0 Å². The van der Waals surface area contributed by atoms with Gasteiger partial charge in [0.2, 0.25) is 0 Å². The highest BCUT2D eigenvalue weighted by atomic mass is 15.0. The first-order valence-corrected chi connectivity index (χ1v) is 22.5. The first-order valence-electron chi connectivity index (χ1n) is 22.5. The topological polar surface area (TPSA) is 96.0 Å². The summed E-state index contributed by atoms with van der Waals surface area (Å²) in [5, 5.41) is 12.9. The molecule has 5 heterocycles. The number of aromatic nitrogens is 7. The monoisotopic (exact) mass is 845 g/mol. The van der Waals surface area contributed by atoms with Gasteiger partial charge in [0, 0.05) is 49.4 Å². The summed E-state index contributed by atoms with van der Waals surface area (Å²) in [6, 6.07) is 60.8. The summed E-state index contributed by atoms with van der Waals surface area (Å²) in [4.78, 5) is 35.1. The highest BCUT2D eigenvalue weighted by Gasteiger charge is 2.27. The lowest BCUT2D eigenvalue weighted by Crippen LogP contribution is -2.10. The van der Waals surface area contributed by atoms with Gasteiger partial charge in [-0.15, -0.1) is 0 Å². The third-order valence-corrected chi connectivity index (χ3v) is 13.6. The number of nitrogens with zero attached hydrogens (tertiary/aromatic N) is 5. The van der Waals surface area contributed by atoms with Crippen LogP contribution in [0.15, 0.2) is 170 Å². The predicted octanol–water partition coefficient (Wildman–Crippen LogP) is 15.1. The second-order valence-corrected chi connectivity index (χ2v) is 18.7. The van der Waals surface area contributed by atoms with Crippen molar-refractivity contribution in [3.8, 4) is 56.5 Å². The van der Waals surface area contributed by atoms with E-state index in [-0.39, 0.29) is 5.41 Å². The lowest BCUT2D eigenvalue weighted by Gasteiger charge is -2.20. The summed E-state index contributed by atoms with van der Waals surface area (Å²) in [5.41, 5.74) is 10.8. The zero-order valence-corrected chi connectivity index (χ0v) is 36.4. The Balaban J connectivity index is 1.24. The molecule has 0 saturated heterocycles. The standard InChI is InChI=1S/C59H39N7/c1-59(2,3)41-22-12-21-40(23-41)50-51-42-24-32-13-4-6-15-34(32)26-44(42)53(60-51)62-55-46-28-36-17-8-10-19-38(36)30-48(46)57(64-55)66-58-49-31-39-20-11-9-18-37(39)29-47(49)56(65-58)63-54-45-27-35-16-7-5-14-33(35)25-43(45)52(50)61-54/h4-31H,1-3H3,(H2,60,61,62,63,64,65,66). The molecule has 7 heteroatoms. The average Bonchev–Trinajstić information content (AvgIpc) is 4.06. The summed E-state index contributed by atoms with van der Waals surface area (Å²) in [5.74, 6) is 1.81. The van der Waals surface area contributed by atoms with E-state index in [4.69, 9.17) is 24.9 Å². The van der Waals surface area contributed by atoms with Crippen molar-refractivity contribution in [1.82, 2.24) is 34.9 Å². The number of hydrogen-bond acceptors (Lipinski definition) is 5. The molecule has 66 heavy (non-hydrogen) atoms. The molecule has 0 atom stereocenters. The first kappa shape index (κ1) is 36.9. The van der Waals surface area contributed by atoms with Crippen molar-refractivity contribution in [3.05, 3.63) is 175 Å². The van der Waals surface area contributed by atoms with Gasteiger partial charge in [-0.1, -0.05) is 142 Å². The van der Waals surface area contributed by atoms with Gasteiger partial charge in [-0.05, 0) is 108 Å². The molecule has 0 unspecified atom stereocenters. The molecule has 2 aliphatic heterocycles. The minimum atomic E-state index is -0.102. The number of fused-ring (bicyclic) bond motifs is 24. The fourth-order valence-corrected chi connectivity index (χ4v) is 10.2. The van der Waals surface area contributed by atoms with E-state index >= 15 is 0 Å². The number of aromatic amines is 2. The highest BCUT2D eigenvalue weighted by molar-refractivity contribution is 6.18. The van der Waals surface area contributed by atoms with E-state index in [9.17, 15) is 0 Å². The maximum absolute atomic E-state index is 5.67. The van der Waals surface area contributed by atoms with Gasteiger partial charge in [0.25, 0.3) is 0 Å². The number of nitrogens with one attached hydrogen (secondary N) is 2. The molecular weight excluding hydrogens is 807 g/mol. The molecule has 0 fully saturated rings. The van der Waals surface area contributed by atoms with Crippen molar-refractivity contribution in [2.75, 3.05) is 0 Å². The highest BCUT2D eigenvalue weighted by Crippen LogP contribution is 2.46. The van der Waals surface area contributed by atoms with Crippen LogP contribution in [-0.2, 0) is 5.41 Å². The SMILES string of the molecule is CC(C)(C)c1cccc(-c2c3nc(nc4[nH]c(nc5nc(nc6[nH]c2c2cc7ccccc7cc62)-c2cc6ccccc6cc2-5)c2cc5ccccc5cc42)-c2cc4ccccc4cc2-3)c1. The molecule has 0 saturated carbocycles. The number of hydrogen-bond donors (Lipinski definition) is 2. The van der Waals surface area contributed by atoms with Crippen molar-refractivity contribution >= 4 is 87.1 Å². The zero-order chi connectivity index (χ0) is 43.8. The van der Waals surface area contributed by atoms with Gasteiger partial charge >= 0.3 is 0 Å². The Morgan fingerprint density at radius 2 is 0.742 bits per heavy atom. The Hall–Kier alpha value is -8.55. The van der Waals surface area contributed by atoms with Gasteiger partial charge in [0.15, 0.2) is 17.5 Å². The fraction of sp³-hybridized carbons (Fsp3) is 0.0678. The third-order valence-electron chi connectivity index (χ3n) is 13.6. The van der Waals surface area contributed by atoms with Crippen LogP contribution in [-0.4, -0.2) is 34.9 Å². The van der Waals surface area contributed by atoms with Gasteiger partial charge < -0.3 is 9.97 Å². The normalized spacial score (nSPS) is 12.5. The van der Waals surface area contributed by atoms with Crippen LogP contribution < -0.4 is 0 Å². The summed E-state index contributed by atoms with van der Waals surface area (Å²) < 4.78 is 0. The molecule has 0 radical (unpaired) electrons. The Morgan fingerprint density at radius 1 is 0.348 bits per heavy atom. The molecule has 3 aromatic heterocycles. The molecule has 8 bridgehead atoms. The molecule has 14 rings (SSSR count). The van der Waals surface area contributed by atoms with Crippen LogP contribution in [0.5, 0.6) is 0 Å². The molecule has 0 amide bonds. The first-order chi connectivity index (χ1) is 32.3. The van der Waals surface area contributed by atoms with Crippen LogP contribution >= 0.6 is 0 Å². The Bertz CT molecular complexity index is 4280. The maximum Gasteiger partial charge on any atom is 0.164 e. The van der Waals surface area contributed by atoms with Crippen LogP contribution in [0, 0.1) is 0 Å². The summed E-state index contributed by atoms with van der Waals surface area (Å²) in [6.07, 6.45) is 0. The zero-order valence-electron chi connectivity index (χ0n) is 36.4. The molecule has 7 nitrogen and oxygen atoms in total. The van der Waals surface area contributed by atoms with E-state index < -0.39 is 0 Å². The van der Waals surface area contributed by atoms with E-state index in [2.05, 4.69) is 201 Å². The number of benzene rings is 9. The summed E-state index contributed by atoms with van der Waals surface area (Å²) in [6.45, 7) is 6.80. The van der Waals surface area contributed by atoms with Crippen LogP contribution in [0.3, 0.4) is 0 Å². The second-order valence-electron chi connectivity index (χ2n) is 18.7. The van der Waals surface area contributed by atoms with Gasteiger partial charge in [0.1, 0.15) is 16.9 Å². The van der Waals surface area contributed by atoms with Crippen LogP contribution in [0.1, 0.15) is 26.3 Å². The number of H-pyrrole nitrogens is 2. The van der Waals surface area contributed by atoms with Crippen molar-refractivity contribution in [3.63, 3.8) is 0 Å². The van der Waals surface area contributed by atoms with E-state index in [0.717, 1.165) is 109 Å². The Morgan fingerprint density at radius 3 is 1.23 bits per heavy atom. The van der Waals surface area contributed by atoms with Crippen molar-refractivity contribution < 1.29 is 0 Å². The second kappa shape index (κ2) is 13.5.